The zero-order chi connectivity index (χ0) is 20.6. The van der Waals surface area contributed by atoms with Crippen LogP contribution in [0.1, 0.15) is 33.8 Å². The number of rotatable bonds is 9. The molecule has 29 heavy (non-hydrogen) atoms. The molecule has 2 aromatic carbocycles. The summed E-state index contributed by atoms with van der Waals surface area (Å²) in [7, 11) is 1.53. The van der Waals surface area contributed by atoms with Gasteiger partial charge >= 0.3 is 0 Å². The largest absolute Gasteiger partial charge is 0.496 e. The van der Waals surface area contributed by atoms with Crippen LogP contribution < -0.4 is 10.1 Å². The van der Waals surface area contributed by atoms with Gasteiger partial charge in [-0.2, -0.15) is 0 Å². The highest BCUT2D eigenvalue weighted by molar-refractivity contribution is 7.09. The van der Waals surface area contributed by atoms with Crippen LogP contribution in [0.5, 0.6) is 5.75 Å². The highest BCUT2D eigenvalue weighted by Crippen LogP contribution is 2.22. The van der Waals surface area contributed by atoms with Crippen molar-refractivity contribution in [2.24, 2.45) is 0 Å². The summed E-state index contributed by atoms with van der Waals surface area (Å²) < 4.78 is 5.20. The van der Waals surface area contributed by atoms with E-state index in [0.29, 0.717) is 17.9 Å². The molecule has 5 nitrogen and oxygen atoms in total. The van der Waals surface area contributed by atoms with Gasteiger partial charge in [0.05, 0.1) is 23.4 Å². The summed E-state index contributed by atoms with van der Waals surface area (Å²) >= 11 is 1.64. The molecule has 1 amide bonds. The van der Waals surface area contributed by atoms with E-state index in [2.05, 4.69) is 39.9 Å². The lowest BCUT2D eigenvalue weighted by molar-refractivity contribution is -0.121. The number of hydrogen-bond donors (Lipinski definition) is 1. The van der Waals surface area contributed by atoms with Gasteiger partial charge in [-0.1, -0.05) is 36.4 Å². The van der Waals surface area contributed by atoms with Gasteiger partial charge in [0.1, 0.15) is 5.75 Å². The van der Waals surface area contributed by atoms with Gasteiger partial charge in [-0.15, -0.1) is 11.3 Å². The fourth-order valence-corrected chi connectivity index (χ4v) is 3.63. The highest BCUT2D eigenvalue weighted by Gasteiger charge is 2.13. The molecule has 0 atom stereocenters. The van der Waals surface area contributed by atoms with Crippen LogP contribution in [0.25, 0.3) is 11.3 Å². The maximum absolute atomic E-state index is 12.3. The molecule has 0 saturated carbocycles. The molecule has 150 valence electrons. The van der Waals surface area contributed by atoms with Gasteiger partial charge in [0, 0.05) is 30.3 Å². The lowest BCUT2D eigenvalue weighted by Crippen LogP contribution is -2.26. The lowest BCUT2D eigenvalue weighted by Gasteiger charge is -2.08. The van der Waals surface area contributed by atoms with Crippen LogP contribution in [0, 0.1) is 6.92 Å². The fourth-order valence-electron chi connectivity index (χ4n) is 3.01. The Morgan fingerprint density at radius 1 is 1.07 bits per heavy atom. The molecule has 0 aliphatic rings. The quantitative estimate of drug-likeness (QED) is 0.531. The Kier molecular flexibility index (Phi) is 7.14. The number of ketones is 1. The first-order valence-electron chi connectivity index (χ1n) is 9.51. The summed E-state index contributed by atoms with van der Waals surface area (Å²) in [5, 5.41) is 5.99. The van der Waals surface area contributed by atoms with Gasteiger partial charge in [-0.3, -0.25) is 9.59 Å². The maximum Gasteiger partial charge on any atom is 0.220 e. The van der Waals surface area contributed by atoms with Crippen LogP contribution in [-0.2, 0) is 11.2 Å². The van der Waals surface area contributed by atoms with Crippen molar-refractivity contribution in [2.45, 2.75) is 26.2 Å². The Morgan fingerprint density at radius 3 is 2.52 bits per heavy atom. The summed E-state index contributed by atoms with van der Waals surface area (Å²) in [5.74, 6) is 0.322. The van der Waals surface area contributed by atoms with Crippen molar-refractivity contribution in [1.82, 2.24) is 10.3 Å². The summed E-state index contributed by atoms with van der Waals surface area (Å²) in [5.41, 5.74) is 3.74. The van der Waals surface area contributed by atoms with Crippen molar-refractivity contribution < 1.29 is 14.3 Å². The summed E-state index contributed by atoms with van der Waals surface area (Å²) in [4.78, 5) is 28.9. The predicted octanol–water partition coefficient (Wildman–Crippen LogP) is 4.45. The van der Waals surface area contributed by atoms with Gasteiger partial charge in [0.2, 0.25) is 5.91 Å². The third-order valence-electron chi connectivity index (χ3n) is 4.59. The molecule has 0 radical (unpaired) electrons. The second-order valence-corrected chi connectivity index (χ2v) is 7.73. The first-order chi connectivity index (χ1) is 14.1. The number of Topliss-reactive ketones (excluding diaryl/α,β-unsaturated/α-hetero) is 1. The fraction of sp³-hybridized carbons (Fsp3) is 0.261. The molecule has 6 heteroatoms. The first-order valence-corrected chi connectivity index (χ1v) is 10.4. The number of amides is 1. The van der Waals surface area contributed by atoms with Gasteiger partial charge in [-0.25, -0.2) is 4.98 Å². The summed E-state index contributed by atoms with van der Waals surface area (Å²) in [6, 6.07) is 15.3. The molecule has 0 spiro atoms. The number of methoxy groups -OCH3 is 1. The number of aryl methyl sites for hydroxylation is 1. The highest BCUT2D eigenvalue weighted by atomic mass is 32.1. The first kappa shape index (κ1) is 20.7. The Morgan fingerprint density at radius 2 is 1.83 bits per heavy atom. The van der Waals surface area contributed by atoms with Crippen molar-refractivity contribution in [3.8, 4) is 17.0 Å². The monoisotopic (exact) mass is 408 g/mol. The van der Waals surface area contributed by atoms with Gasteiger partial charge < -0.3 is 10.1 Å². The summed E-state index contributed by atoms with van der Waals surface area (Å²) in [6.45, 7) is 2.53. The third kappa shape index (κ3) is 5.74. The third-order valence-corrected chi connectivity index (χ3v) is 5.36. The number of ether oxygens (including phenoxy) is 1. The molecule has 1 N–H and O–H groups in total. The van der Waals surface area contributed by atoms with Gasteiger partial charge in [0.25, 0.3) is 0 Å². The maximum atomic E-state index is 12.3. The molecular formula is C23H24N2O3S. The zero-order valence-electron chi connectivity index (χ0n) is 16.6. The Bertz CT molecular complexity index is 980. The number of thiazole rings is 1. The molecule has 0 fully saturated rings. The minimum absolute atomic E-state index is 0.0922. The number of para-hydroxylation sites is 1. The zero-order valence-corrected chi connectivity index (χ0v) is 17.4. The van der Waals surface area contributed by atoms with E-state index in [1.807, 2.05) is 13.0 Å². The van der Waals surface area contributed by atoms with E-state index in [1.165, 1.54) is 7.11 Å². The van der Waals surface area contributed by atoms with Crippen LogP contribution in [-0.4, -0.2) is 30.3 Å². The SMILES string of the molecule is COc1ccccc1C(=O)CCC(=O)NCCc1ccc(-c2csc(C)n2)cc1. The summed E-state index contributed by atoms with van der Waals surface area (Å²) in [6.07, 6.45) is 1.07. The smallest absolute Gasteiger partial charge is 0.220 e. The standard InChI is InChI=1S/C23H24N2O3S/c1-16-25-20(15-29-16)18-9-7-17(8-10-18)13-14-24-23(27)12-11-21(26)19-5-3-4-6-22(19)28-2/h3-10,15H,11-14H2,1-2H3,(H,24,27). The van der Waals surface area contributed by atoms with Crippen LogP contribution in [0.15, 0.2) is 53.9 Å². The van der Waals surface area contributed by atoms with Gasteiger partial charge in [0.15, 0.2) is 5.78 Å². The van der Waals surface area contributed by atoms with Gasteiger partial charge in [-0.05, 0) is 31.0 Å². The van der Waals surface area contributed by atoms with Crippen LogP contribution in [0.2, 0.25) is 0 Å². The van der Waals surface area contributed by atoms with E-state index in [0.717, 1.165) is 28.2 Å². The number of hydrogen-bond acceptors (Lipinski definition) is 5. The molecule has 0 saturated heterocycles. The van der Waals surface area contributed by atoms with Crippen molar-refractivity contribution in [1.29, 1.82) is 0 Å². The predicted molar refractivity (Wildman–Crippen MR) is 116 cm³/mol. The van der Waals surface area contributed by atoms with E-state index in [9.17, 15) is 9.59 Å². The average Bonchev–Trinajstić information content (AvgIpc) is 3.18. The van der Waals surface area contributed by atoms with E-state index in [4.69, 9.17) is 4.74 Å². The number of carbonyl (C=O) groups is 2. The molecular weight excluding hydrogens is 384 g/mol. The number of nitrogens with one attached hydrogen (secondary N) is 1. The minimum Gasteiger partial charge on any atom is -0.496 e. The van der Waals surface area contributed by atoms with E-state index < -0.39 is 0 Å². The minimum atomic E-state index is -0.122. The van der Waals surface area contributed by atoms with Crippen molar-refractivity contribution in [3.63, 3.8) is 0 Å². The Balaban J connectivity index is 1.42. The van der Waals surface area contributed by atoms with Crippen molar-refractivity contribution >= 4 is 23.0 Å². The average molecular weight is 409 g/mol. The second kappa shape index (κ2) is 9.98. The van der Waals surface area contributed by atoms with E-state index >= 15 is 0 Å². The number of benzene rings is 2. The van der Waals surface area contributed by atoms with Crippen LogP contribution in [0.4, 0.5) is 0 Å². The molecule has 0 aliphatic carbocycles. The lowest BCUT2D eigenvalue weighted by atomic mass is 10.1. The number of nitrogens with zero attached hydrogens (tertiary/aromatic N) is 1. The Labute approximate surface area is 174 Å². The van der Waals surface area contributed by atoms with E-state index in [1.54, 1.807) is 29.5 Å². The van der Waals surface area contributed by atoms with Crippen molar-refractivity contribution in [3.05, 3.63) is 70.0 Å². The molecule has 3 aromatic rings. The normalized spacial score (nSPS) is 10.6. The second-order valence-electron chi connectivity index (χ2n) is 6.67. The molecule has 1 aromatic heterocycles. The molecule has 1 heterocycles. The number of carbonyl (C=O) groups excluding carboxylic acids is 2. The number of aromatic nitrogens is 1. The van der Waals surface area contributed by atoms with E-state index in [-0.39, 0.29) is 24.5 Å². The molecule has 3 rings (SSSR count). The Hall–Kier alpha value is -2.99. The van der Waals surface area contributed by atoms with Crippen molar-refractivity contribution in [2.75, 3.05) is 13.7 Å². The topological polar surface area (TPSA) is 68.3 Å². The van der Waals surface area contributed by atoms with Crippen LogP contribution >= 0.6 is 11.3 Å². The molecule has 0 bridgehead atoms. The molecule has 0 aliphatic heterocycles. The van der Waals surface area contributed by atoms with Crippen LogP contribution in [0.3, 0.4) is 0 Å². The molecule has 0 unspecified atom stereocenters.